The number of hydrogen-bond acceptors (Lipinski definition) is 10. The minimum atomic E-state index is -2.47. The van der Waals surface area contributed by atoms with Crippen LogP contribution < -0.4 is 0 Å². The fourth-order valence-corrected chi connectivity index (χ4v) is 12.7. The molecule has 0 aromatic heterocycles. The van der Waals surface area contributed by atoms with Crippen LogP contribution in [0.1, 0.15) is 156 Å². The smallest absolute Gasteiger partial charge is 0.309 e. The van der Waals surface area contributed by atoms with E-state index in [0.717, 1.165) is 29.6 Å². The number of Topliss-reactive ketones (excluding diaryl/α,β-unsaturated/α-hetero) is 1. The lowest BCUT2D eigenvalue weighted by Gasteiger charge is -2.47. The fourth-order valence-electron chi connectivity index (χ4n) is 8.74. The van der Waals surface area contributed by atoms with E-state index in [4.69, 9.17) is 43.5 Å². The van der Waals surface area contributed by atoms with Crippen molar-refractivity contribution in [2.24, 2.45) is 17.8 Å². The molecule has 10 nitrogen and oxygen atoms in total. The molecule has 0 aromatic rings. The molecule has 0 saturated carbocycles. The SMILES string of the molecule is C=C1/C=C(\C)[C@@H](C)[C@@H](O[Si](C)(C)C(C)(C)C)CC(=O)[C@@H](C)CC(OCCOCC)C[C@H]2CC[C@@H](O2)[C@@H](/C=C/C=C(C)C)OC(=O)C[C@@H]2O[C@H](C[C@H]2C)C(O[Si](C)(C)C(C)(C)C)[C@@H]1O[Si](C)(C)C(C)(C)C. The molecule has 13 heteroatoms. The van der Waals surface area contributed by atoms with Gasteiger partial charge in [0.2, 0.25) is 0 Å². The van der Waals surface area contributed by atoms with Crippen LogP contribution >= 0.6 is 0 Å². The third kappa shape index (κ3) is 18.1. The van der Waals surface area contributed by atoms with Gasteiger partial charge in [-0.2, -0.15) is 0 Å². The molecule has 0 radical (unpaired) electrons. The summed E-state index contributed by atoms with van der Waals surface area (Å²) in [5.41, 5.74) is 3.03. The summed E-state index contributed by atoms with van der Waals surface area (Å²) in [7, 11) is -7.29. The van der Waals surface area contributed by atoms with Crippen LogP contribution in [-0.4, -0.2) is 111 Å². The second-order valence-corrected chi connectivity index (χ2v) is 40.4. The van der Waals surface area contributed by atoms with Gasteiger partial charge in [0, 0.05) is 24.9 Å². The summed E-state index contributed by atoms with van der Waals surface area (Å²) in [6.07, 6.45) is 8.45. The molecule has 4 bridgehead atoms. The number of esters is 1. The Morgan fingerprint density at radius 1 is 0.757 bits per heavy atom. The normalized spacial score (nSPS) is 32.2. The second kappa shape index (κ2) is 25.8. The standard InChI is InChI=1S/C57H104O10Si3/c1-24-60-30-31-61-45-33-40(5)46(58)36-50(65-68(18,19)55(9,10)11)43(8)39(4)32-42(7)53(66-69(20,21)56(12,13)14)54(67-70(22,23)57(15,16)17)51-34-41(6)49(63-51)37-52(59)64-47(27-25-26-38(2)3)48-29-28-44(35-45)62-48/h25-27,32,40-41,43-45,47-51,53-54H,7,24,28-31,33-37H2,1-6,8-23H3/b27-25+,39-32+/t40-,41+,43+,44+,45?,47+,48+,49-,50-,51+,53+,54?/m0/s1. The van der Waals surface area contributed by atoms with Crippen molar-refractivity contribution in [1.29, 1.82) is 0 Å². The molecule has 0 amide bonds. The van der Waals surface area contributed by atoms with Gasteiger partial charge in [0.1, 0.15) is 18.0 Å². The van der Waals surface area contributed by atoms with E-state index < -0.39 is 43.3 Å². The highest BCUT2D eigenvalue weighted by molar-refractivity contribution is 6.75. The quantitative estimate of drug-likeness (QED) is 0.0766. The van der Waals surface area contributed by atoms with E-state index in [1.807, 2.05) is 45.9 Å². The molecule has 0 aromatic carbocycles. The molecule has 0 aliphatic carbocycles. The van der Waals surface area contributed by atoms with Crippen molar-refractivity contribution >= 4 is 36.7 Å². The Morgan fingerprint density at radius 3 is 1.91 bits per heavy atom. The first kappa shape index (κ1) is 62.8. The van der Waals surface area contributed by atoms with Gasteiger partial charge in [-0.3, -0.25) is 9.59 Å². The number of cyclic esters (lactones) is 1. The Balaban J connectivity index is 2.29. The molecule has 2 fully saturated rings. The number of carbonyl (C=O) groups excluding carboxylic acids is 2. The fraction of sp³-hybridized carbons (Fsp3) is 0.825. The minimum Gasteiger partial charge on any atom is -0.455 e. The Kier molecular flexibility index (Phi) is 23.1. The maximum absolute atomic E-state index is 14.7. The number of carbonyl (C=O) groups is 2. The van der Waals surface area contributed by atoms with Crippen LogP contribution in [0.4, 0.5) is 0 Å². The highest BCUT2D eigenvalue weighted by Gasteiger charge is 2.51. The monoisotopic (exact) mass is 1030 g/mol. The molecular weight excluding hydrogens is 929 g/mol. The second-order valence-electron chi connectivity index (χ2n) is 26.1. The predicted octanol–water partition coefficient (Wildman–Crippen LogP) is 14.3. The van der Waals surface area contributed by atoms with E-state index in [1.165, 1.54) is 0 Å². The van der Waals surface area contributed by atoms with Gasteiger partial charge in [-0.15, -0.1) is 0 Å². The number of ether oxygens (including phenoxy) is 5. The van der Waals surface area contributed by atoms with Crippen LogP contribution in [-0.2, 0) is 46.6 Å². The van der Waals surface area contributed by atoms with E-state index in [2.05, 4.69) is 128 Å². The Bertz CT molecular complexity index is 1790. The molecule has 3 heterocycles. The average molecular weight is 1030 g/mol. The first-order valence-corrected chi connectivity index (χ1v) is 35.7. The molecule has 2 unspecified atom stereocenters. The molecule has 0 spiro atoms. The predicted molar refractivity (Wildman–Crippen MR) is 296 cm³/mol. The zero-order valence-corrected chi connectivity index (χ0v) is 51.6. The highest BCUT2D eigenvalue weighted by atomic mass is 28.4. The summed E-state index contributed by atoms with van der Waals surface area (Å²) >= 11 is 0. The molecule has 70 heavy (non-hydrogen) atoms. The van der Waals surface area contributed by atoms with Gasteiger partial charge in [0.05, 0.1) is 62.4 Å². The van der Waals surface area contributed by atoms with Crippen LogP contribution in [0.5, 0.6) is 0 Å². The molecule has 404 valence electrons. The Morgan fingerprint density at radius 2 is 1.34 bits per heavy atom. The van der Waals surface area contributed by atoms with E-state index in [9.17, 15) is 9.59 Å². The first-order valence-electron chi connectivity index (χ1n) is 26.9. The molecule has 3 aliphatic rings. The zero-order valence-electron chi connectivity index (χ0n) is 48.6. The maximum Gasteiger partial charge on any atom is 0.309 e. The van der Waals surface area contributed by atoms with Crippen molar-refractivity contribution in [3.8, 4) is 0 Å². The summed E-state index contributed by atoms with van der Waals surface area (Å²) in [6, 6.07) is 0. The molecule has 3 aliphatic heterocycles. The molecule has 0 N–H and O–H groups in total. The maximum atomic E-state index is 14.7. The minimum absolute atomic E-state index is 0.0484. The van der Waals surface area contributed by atoms with Crippen molar-refractivity contribution in [1.82, 2.24) is 0 Å². The Labute approximate surface area is 431 Å². The van der Waals surface area contributed by atoms with Gasteiger partial charge in [0.15, 0.2) is 25.0 Å². The lowest BCUT2D eigenvalue weighted by molar-refractivity contribution is -0.158. The van der Waals surface area contributed by atoms with Gasteiger partial charge in [-0.1, -0.05) is 119 Å². The topological polar surface area (TPSA) is 108 Å². The number of hydrogen-bond donors (Lipinski definition) is 0. The van der Waals surface area contributed by atoms with Crippen LogP contribution in [0.15, 0.2) is 47.6 Å². The third-order valence-corrected chi connectivity index (χ3v) is 30.2. The van der Waals surface area contributed by atoms with Crippen molar-refractivity contribution in [2.75, 3.05) is 19.8 Å². The van der Waals surface area contributed by atoms with Gasteiger partial charge in [0.25, 0.3) is 0 Å². The third-order valence-electron chi connectivity index (χ3n) is 16.8. The van der Waals surface area contributed by atoms with Crippen LogP contribution in [0.2, 0.25) is 54.4 Å². The summed E-state index contributed by atoms with van der Waals surface area (Å²) in [5, 5.41) is -0.279. The largest absolute Gasteiger partial charge is 0.455 e. The van der Waals surface area contributed by atoms with Gasteiger partial charge < -0.3 is 37.0 Å². The number of fused-ring (bicyclic) bond motifs is 4. The molecule has 2 saturated heterocycles. The lowest BCUT2D eigenvalue weighted by Crippen LogP contribution is -2.55. The van der Waals surface area contributed by atoms with Crippen molar-refractivity contribution in [2.45, 2.75) is 265 Å². The van der Waals surface area contributed by atoms with Crippen LogP contribution in [0, 0.1) is 17.8 Å². The number of rotatable bonds is 13. The van der Waals surface area contributed by atoms with Gasteiger partial charge in [-0.05, 0) is 132 Å². The van der Waals surface area contributed by atoms with Crippen LogP contribution in [0.25, 0.3) is 0 Å². The van der Waals surface area contributed by atoms with E-state index in [1.54, 1.807) is 0 Å². The van der Waals surface area contributed by atoms with E-state index in [-0.39, 0.29) is 94.1 Å². The molecule has 3 rings (SSSR count). The molecular formula is C57H104O10Si3. The first-order chi connectivity index (χ1) is 32.0. The van der Waals surface area contributed by atoms with Crippen molar-refractivity contribution < 1.29 is 46.6 Å². The van der Waals surface area contributed by atoms with Gasteiger partial charge >= 0.3 is 5.97 Å². The Hall–Kier alpha value is -1.53. The van der Waals surface area contributed by atoms with Gasteiger partial charge in [-0.25, -0.2) is 0 Å². The summed E-state index contributed by atoms with van der Waals surface area (Å²) < 4.78 is 54.9. The summed E-state index contributed by atoms with van der Waals surface area (Å²) in [6.45, 7) is 55.0. The zero-order chi connectivity index (χ0) is 53.4. The summed E-state index contributed by atoms with van der Waals surface area (Å²) in [5.74, 6) is -0.517. The van der Waals surface area contributed by atoms with Crippen molar-refractivity contribution in [3.05, 3.63) is 47.6 Å². The van der Waals surface area contributed by atoms with Crippen LogP contribution in [0.3, 0.4) is 0 Å². The summed E-state index contributed by atoms with van der Waals surface area (Å²) in [4.78, 5) is 28.9. The van der Waals surface area contributed by atoms with Crippen molar-refractivity contribution in [3.63, 3.8) is 0 Å². The van der Waals surface area contributed by atoms with E-state index in [0.29, 0.717) is 39.1 Å². The average Bonchev–Trinajstić information content (AvgIpc) is 3.83. The number of allylic oxidation sites excluding steroid dienone is 3. The number of ketones is 1. The lowest BCUT2D eigenvalue weighted by atomic mass is 9.86. The van der Waals surface area contributed by atoms with E-state index >= 15 is 0 Å². The highest BCUT2D eigenvalue weighted by Crippen LogP contribution is 2.45. The molecule has 12 atom stereocenters.